The number of nitrogens with zero attached hydrogens (tertiary/aromatic N) is 4. The Kier molecular flexibility index (Phi) is 3.90. The molecule has 1 aromatic rings. The Morgan fingerprint density at radius 3 is 2.68 bits per heavy atom. The predicted molar refractivity (Wildman–Crippen MR) is 82.6 cm³/mol. The van der Waals surface area contributed by atoms with E-state index < -0.39 is 0 Å². The number of amides is 2. The number of fused-ring (bicyclic) bond motifs is 1. The number of aromatic nitrogens is 2. The van der Waals surface area contributed by atoms with Crippen molar-refractivity contribution in [2.75, 3.05) is 31.2 Å². The first-order valence-electron chi connectivity index (χ1n) is 7.67. The van der Waals surface area contributed by atoms with Gasteiger partial charge in [-0.05, 0) is 20.8 Å². The van der Waals surface area contributed by atoms with Crippen LogP contribution in [0.4, 0.5) is 10.7 Å². The maximum Gasteiger partial charge on any atom is 0.318 e. The molecule has 2 aliphatic rings. The van der Waals surface area contributed by atoms with Crippen molar-refractivity contribution >= 4 is 12.0 Å². The SMILES string of the molecule is CC(C)(C)NC(=O)N1Cc2cnc(N3CCOCC3)nc2C1. The van der Waals surface area contributed by atoms with Gasteiger partial charge in [-0.3, -0.25) is 0 Å². The minimum absolute atomic E-state index is 0.0570. The molecule has 1 aromatic heterocycles. The topological polar surface area (TPSA) is 70.6 Å². The quantitative estimate of drug-likeness (QED) is 0.842. The van der Waals surface area contributed by atoms with E-state index in [9.17, 15) is 4.79 Å². The summed E-state index contributed by atoms with van der Waals surface area (Å²) in [7, 11) is 0. The van der Waals surface area contributed by atoms with Gasteiger partial charge in [0, 0.05) is 30.4 Å². The van der Waals surface area contributed by atoms with Crippen molar-refractivity contribution in [3.8, 4) is 0 Å². The summed E-state index contributed by atoms with van der Waals surface area (Å²) < 4.78 is 5.35. The number of carbonyl (C=O) groups excluding carboxylic acids is 1. The Hall–Kier alpha value is -1.89. The Labute approximate surface area is 130 Å². The van der Waals surface area contributed by atoms with Crippen LogP contribution < -0.4 is 10.2 Å². The first-order valence-corrected chi connectivity index (χ1v) is 7.67. The second-order valence-electron chi connectivity index (χ2n) is 6.78. The van der Waals surface area contributed by atoms with E-state index in [0.29, 0.717) is 26.3 Å². The fraction of sp³-hybridized carbons (Fsp3) is 0.667. The van der Waals surface area contributed by atoms with Crippen molar-refractivity contribution in [3.05, 3.63) is 17.5 Å². The summed E-state index contributed by atoms with van der Waals surface area (Å²) in [6, 6.07) is -0.0570. The standard InChI is InChI=1S/C15H23N5O2/c1-15(2,3)18-14(21)20-9-11-8-16-13(17-12(11)10-20)19-4-6-22-7-5-19/h8H,4-7,9-10H2,1-3H3,(H,18,21). The lowest BCUT2D eigenvalue weighted by molar-refractivity contribution is 0.122. The van der Waals surface area contributed by atoms with Crippen LogP contribution in [0.15, 0.2) is 6.20 Å². The van der Waals surface area contributed by atoms with Crippen LogP contribution >= 0.6 is 0 Å². The molecular weight excluding hydrogens is 282 g/mol. The molecule has 3 rings (SSSR count). The van der Waals surface area contributed by atoms with Gasteiger partial charge in [-0.15, -0.1) is 0 Å². The lowest BCUT2D eigenvalue weighted by Crippen LogP contribution is -2.46. The van der Waals surface area contributed by atoms with E-state index in [1.165, 1.54) is 0 Å². The van der Waals surface area contributed by atoms with Gasteiger partial charge in [0.1, 0.15) is 0 Å². The zero-order chi connectivity index (χ0) is 15.7. The predicted octanol–water partition coefficient (Wildman–Crippen LogP) is 1.14. The van der Waals surface area contributed by atoms with Crippen molar-refractivity contribution in [2.24, 2.45) is 0 Å². The number of hydrogen-bond acceptors (Lipinski definition) is 5. The summed E-state index contributed by atoms with van der Waals surface area (Å²) in [5.41, 5.74) is 1.73. The summed E-state index contributed by atoms with van der Waals surface area (Å²) in [5, 5.41) is 2.99. The van der Waals surface area contributed by atoms with Gasteiger partial charge in [-0.2, -0.15) is 0 Å². The fourth-order valence-corrected chi connectivity index (χ4v) is 2.60. The molecule has 120 valence electrons. The zero-order valence-electron chi connectivity index (χ0n) is 13.4. The van der Waals surface area contributed by atoms with Crippen LogP contribution in [0.2, 0.25) is 0 Å². The highest BCUT2D eigenvalue weighted by atomic mass is 16.5. The van der Waals surface area contributed by atoms with Gasteiger partial charge < -0.3 is 19.9 Å². The summed E-state index contributed by atoms with van der Waals surface area (Å²) in [6.45, 7) is 10.1. The molecule has 1 N–H and O–H groups in total. The second kappa shape index (κ2) is 5.72. The number of carbonyl (C=O) groups is 1. The van der Waals surface area contributed by atoms with Crippen LogP contribution in [-0.2, 0) is 17.8 Å². The van der Waals surface area contributed by atoms with Gasteiger partial charge in [-0.1, -0.05) is 0 Å². The Bertz CT molecular complexity index is 564. The second-order valence-corrected chi connectivity index (χ2v) is 6.78. The molecule has 0 radical (unpaired) electrons. The lowest BCUT2D eigenvalue weighted by atomic mass is 10.1. The van der Waals surface area contributed by atoms with Crippen molar-refractivity contribution in [1.82, 2.24) is 20.2 Å². The average Bonchev–Trinajstić information content (AvgIpc) is 2.89. The number of urea groups is 1. The lowest BCUT2D eigenvalue weighted by Gasteiger charge is -2.26. The van der Waals surface area contributed by atoms with Crippen molar-refractivity contribution in [2.45, 2.75) is 39.4 Å². The summed E-state index contributed by atoms with van der Waals surface area (Å²) in [5.74, 6) is 0.736. The molecule has 1 fully saturated rings. The Morgan fingerprint density at radius 1 is 1.27 bits per heavy atom. The molecule has 0 unspecified atom stereocenters. The molecule has 0 aliphatic carbocycles. The minimum Gasteiger partial charge on any atom is -0.378 e. The highest BCUT2D eigenvalue weighted by Gasteiger charge is 2.28. The molecule has 3 heterocycles. The summed E-state index contributed by atoms with van der Waals surface area (Å²) >= 11 is 0. The van der Waals surface area contributed by atoms with Crippen LogP contribution in [0.5, 0.6) is 0 Å². The van der Waals surface area contributed by atoms with Gasteiger partial charge in [-0.25, -0.2) is 14.8 Å². The molecule has 2 aliphatic heterocycles. The van der Waals surface area contributed by atoms with E-state index in [1.807, 2.05) is 27.0 Å². The number of ether oxygens (including phenoxy) is 1. The smallest absolute Gasteiger partial charge is 0.318 e. The van der Waals surface area contributed by atoms with Crippen molar-refractivity contribution in [3.63, 3.8) is 0 Å². The summed E-state index contributed by atoms with van der Waals surface area (Å²) in [4.78, 5) is 25.2. The average molecular weight is 305 g/mol. The highest BCUT2D eigenvalue weighted by molar-refractivity contribution is 5.75. The molecule has 0 aromatic carbocycles. The van der Waals surface area contributed by atoms with E-state index in [4.69, 9.17) is 4.74 Å². The number of hydrogen-bond donors (Lipinski definition) is 1. The van der Waals surface area contributed by atoms with Gasteiger partial charge >= 0.3 is 6.03 Å². The largest absolute Gasteiger partial charge is 0.378 e. The number of rotatable bonds is 1. The normalized spacial score (nSPS) is 18.3. The maximum absolute atomic E-state index is 12.3. The molecule has 22 heavy (non-hydrogen) atoms. The Morgan fingerprint density at radius 2 is 2.00 bits per heavy atom. The molecule has 7 heteroatoms. The molecule has 0 atom stereocenters. The Balaban J connectivity index is 1.69. The van der Waals surface area contributed by atoms with Gasteiger partial charge in [0.25, 0.3) is 0 Å². The first kappa shape index (κ1) is 15.0. The monoisotopic (exact) mass is 305 g/mol. The third-order valence-corrected chi connectivity index (χ3v) is 3.71. The molecule has 0 bridgehead atoms. The van der Waals surface area contributed by atoms with Crippen LogP contribution in [0.25, 0.3) is 0 Å². The third kappa shape index (κ3) is 3.30. The first-order chi connectivity index (χ1) is 10.4. The van der Waals surface area contributed by atoms with E-state index in [1.54, 1.807) is 4.90 Å². The molecular formula is C15H23N5O2. The molecule has 0 spiro atoms. The molecule has 7 nitrogen and oxygen atoms in total. The van der Waals surface area contributed by atoms with Crippen LogP contribution in [0.1, 0.15) is 32.0 Å². The molecule has 1 saturated heterocycles. The summed E-state index contributed by atoms with van der Waals surface area (Å²) in [6.07, 6.45) is 1.84. The molecule has 2 amide bonds. The van der Waals surface area contributed by atoms with Crippen molar-refractivity contribution < 1.29 is 9.53 Å². The van der Waals surface area contributed by atoms with E-state index in [2.05, 4.69) is 20.2 Å². The van der Waals surface area contributed by atoms with Gasteiger partial charge in [0.2, 0.25) is 5.95 Å². The van der Waals surface area contributed by atoms with Gasteiger partial charge in [0.15, 0.2) is 0 Å². The maximum atomic E-state index is 12.3. The third-order valence-electron chi connectivity index (χ3n) is 3.71. The zero-order valence-corrected chi connectivity index (χ0v) is 13.4. The van der Waals surface area contributed by atoms with E-state index in [0.717, 1.165) is 30.3 Å². The van der Waals surface area contributed by atoms with Crippen molar-refractivity contribution in [1.29, 1.82) is 0 Å². The van der Waals surface area contributed by atoms with Crippen LogP contribution in [0.3, 0.4) is 0 Å². The van der Waals surface area contributed by atoms with Gasteiger partial charge in [0.05, 0.1) is 32.0 Å². The minimum atomic E-state index is -0.240. The van der Waals surface area contributed by atoms with E-state index in [-0.39, 0.29) is 11.6 Å². The highest BCUT2D eigenvalue weighted by Crippen LogP contribution is 2.23. The number of morpholine rings is 1. The fourth-order valence-electron chi connectivity index (χ4n) is 2.60. The number of nitrogens with one attached hydrogen (secondary N) is 1. The van der Waals surface area contributed by atoms with Crippen LogP contribution in [-0.4, -0.2) is 52.7 Å². The number of anilines is 1. The molecule has 0 saturated carbocycles. The van der Waals surface area contributed by atoms with E-state index >= 15 is 0 Å². The van der Waals surface area contributed by atoms with Crippen LogP contribution in [0, 0.1) is 0 Å².